The number of nitrogens with two attached hydrogens (primary N) is 1. The molecule has 5 nitrogen and oxygen atoms in total. The number of hydrogen-bond donors (Lipinski definition) is 1. The van der Waals surface area contributed by atoms with Crippen LogP contribution in [0.15, 0.2) is 30.9 Å². The van der Waals surface area contributed by atoms with Crippen LogP contribution < -0.4 is 10.5 Å². The number of pyridine rings is 1. The van der Waals surface area contributed by atoms with Gasteiger partial charge in [0, 0.05) is 41.6 Å². The largest absolute Gasteiger partial charge is 0.467 e. The fraction of sp³-hybridized carbons (Fsp3) is 0.100. The van der Waals surface area contributed by atoms with Crippen LogP contribution in [0.5, 0.6) is 6.01 Å². The first-order chi connectivity index (χ1) is 7.31. The summed E-state index contributed by atoms with van der Waals surface area (Å²) in [6, 6.07) is 2.07. The Morgan fingerprint density at radius 2 is 1.93 bits per heavy atom. The molecule has 0 atom stereocenters. The molecule has 5 heteroatoms. The minimum absolute atomic E-state index is 0.334. The minimum Gasteiger partial charge on any atom is -0.467 e. The van der Waals surface area contributed by atoms with E-state index in [-0.39, 0.29) is 0 Å². The van der Waals surface area contributed by atoms with Gasteiger partial charge in [-0.1, -0.05) is 0 Å². The van der Waals surface area contributed by atoms with E-state index in [4.69, 9.17) is 10.5 Å². The third-order valence-corrected chi connectivity index (χ3v) is 1.98. The second-order valence-corrected chi connectivity index (χ2v) is 2.92. The lowest BCUT2D eigenvalue weighted by atomic mass is 10.1. The van der Waals surface area contributed by atoms with E-state index in [2.05, 4.69) is 15.0 Å². The fourth-order valence-electron chi connectivity index (χ4n) is 1.21. The molecule has 0 aliphatic carbocycles. The molecule has 0 aliphatic heterocycles. The van der Waals surface area contributed by atoms with Crippen molar-refractivity contribution in [2.24, 2.45) is 0 Å². The van der Waals surface area contributed by atoms with Gasteiger partial charge in [-0.25, -0.2) is 9.97 Å². The maximum absolute atomic E-state index is 5.80. The van der Waals surface area contributed by atoms with Crippen LogP contribution in [-0.4, -0.2) is 22.1 Å². The normalized spacial score (nSPS) is 9.93. The summed E-state index contributed by atoms with van der Waals surface area (Å²) in [5.41, 5.74) is 8.09. The summed E-state index contributed by atoms with van der Waals surface area (Å²) in [6.45, 7) is 0. The molecule has 0 aliphatic rings. The number of anilines is 1. The Kier molecular flexibility index (Phi) is 2.45. The van der Waals surface area contributed by atoms with Gasteiger partial charge in [-0.05, 0) is 6.07 Å². The van der Waals surface area contributed by atoms with Crippen LogP contribution in [0.25, 0.3) is 11.1 Å². The van der Waals surface area contributed by atoms with Crippen molar-refractivity contribution in [3.05, 3.63) is 30.9 Å². The summed E-state index contributed by atoms with van der Waals surface area (Å²) in [5, 5.41) is 0. The Balaban J connectivity index is 2.42. The van der Waals surface area contributed by atoms with Crippen LogP contribution in [0.1, 0.15) is 0 Å². The Morgan fingerprint density at radius 1 is 1.20 bits per heavy atom. The molecule has 0 bridgehead atoms. The van der Waals surface area contributed by atoms with E-state index >= 15 is 0 Å². The monoisotopic (exact) mass is 202 g/mol. The van der Waals surface area contributed by atoms with Crippen LogP contribution in [-0.2, 0) is 0 Å². The molecule has 0 unspecified atom stereocenters. The number of methoxy groups -OCH3 is 1. The number of hydrogen-bond acceptors (Lipinski definition) is 5. The lowest BCUT2D eigenvalue weighted by molar-refractivity contribution is 0.380. The second kappa shape index (κ2) is 3.91. The Hall–Kier alpha value is -2.17. The van der Waals surface area contributed by atoms with Crippen molar-refractivity contribution in [2.75, 3.05) is 12.8 Å². The molecule has 0 saturated heterocycles. The van der Waals surface area contributed by atoms with Gasteiger partial charge in [-0.15, -0.1) is 0 Å². The van der Waals surface area contributed by atoms with Crippen molar-refractivity contribution in [2.45, 2.75) is 0 Å². The van der Waals surface area contributed by atoms with Crippen molar-refractivity contribution in [1.82, 2.24) is 15.0 Å². The third kappa shape index (κ3) is 1.85. The van der Waals surface area contributed by atoms with Gasteiger partial charge >= 0.3 is 6.01 Å². The van der Waals surface area contributed by atoms with Crippen LogP contribution in [0.2, 0.25) is 0 Å². The molecule has 15 heavy (non-hydrogen) atoms. The summed E-state index contributed by atoms with van der Waals surface area (Å²) in [5.74, 6) is 0. The van der Waals surface area contributed by atoms with Gasteiger partial charge in [-0.2, -0.15) is 0 Å². The Labute approximate surface area is 87.0 Å². The van der Waals surface area contributed by atoms with Crippen LogP contribution >= 0.6 is 0 Å². The van der Waals surface area contributed by atoms with Gasteiger partial charge < -0.3 is 10.5 Å². The zero-order valence-corrected chi connectivity index (χ0v) is 8.21. The summed E-state index contributed by atoms with van der Waals surface area (Å²) in [6.07, 6.45) is 6.63. The maximum Gasteiger partial charge on any atom is 0.316 e. The summed E-state index contributed by atoms with van der Waals surface area (Å²) in [4.78, 5) is 12.0. The van der Waals surface area contributed by atoms with E-state index in [0.29, 0.717) is 11.7 Å². The maximum atomic E-state index is 5.80. The Bertz CT molecular complexity index is 455. The summed E-state index contributed by atoms with van der Waals surface area (Å²) in [7, 11) is 1.52. The lowest BCUT2D eigenvalue weighted by Gasteiger charge is -2.04. The molecule has 2 rings (SSSR count). The van der Waals surface area contributed by atoms with Gasteiger partial charge in [0.2, 0.25) is 0 Å². The van der Waals surface area contributed by atoms with Gasteiger partial charge in [0.15, 0.2) is 0 Å². The molecular formula is C10H10N4O. The van der Waals surface area contributed by atoms with Crippen LogP contribution in [0.3, 0.4) is 0 Å². The van der Waals surface area contributed by atoms with Crippen LogP contribution in [0.4, 0.5) is 5.69 Å². The minimum atomic E-state index is 0.334. The lowest BCUT2D eigenvalue weighted by Crippen LogP contribution is -1.94. The number of nitrogens with zero attached hydrogens (tertiary/aromatic N) is 3. The number of nitrogen functional groups attached to an aromatic ring is 1. The average molecular weight is 202 g/mol. The topological polar surface area (TPSA) is 73.9 Å². The molecule has 0 fully saturated rings. The first-order valence-corrected chi connectivity index (χ1v) is 4.37. The predicted octanol–water partition coefficient (Wildman–Crippen LogP) is 1.13. The molecule has 0 aromatic carbocycles. The van der Waals surface area contributed by atoms with Gasteiger partial charge in [0.05, 0.1) is 7.11 Å². The highest BCUT2D eigenvalue weighted by Crippen LogP contribution is 2.23. The highest BCUT2D eigenvalue weighted by molar-refractivity contribution is 5.73. The zero-order valence-electron chi connectivity index (χ0n) is 8.21. The second-order valence-electron chi connectivity index (χ2n) is 2.92. The number of ether oxygens (including phenoxy) is 1. The smallest absolute Gasteiger partial charge is 0.316 e. The van der Waals surface area contributed by atoms with E-state index in [1.54, 1.807) is 30.9 Å². The molecule has 2 aromatic rings. The van der Waals surface area contributed by atoms with Crippen molar-refractivity contribution >= 4 is 5.69 Å². The summed E-state index contributed by atoms with van der Waals surface area (Å²) < 4.78 is 4.87. The SMILES string of the molecule is COc1ncc(-c2cnccc2N)cn1. The molecule has 0 saturated carbocycles. The average Bonchev–Trinajstić information content (AvgIpc) is 2.30. The third-order valence-electron chi connectivity index (χ3n) is 1.98. The first kappa shape index (κ1) is 9.39. The van der Waals surface area contributed by atoms with Crippen molar-refractivity contribution in [3.8, 4) is 17.1 Å². The van der Waals surface area contributed by atoms with Crippen molar-refractivity contribution in [1.29, 1.82) is 0 Å². The molecule has 2 heterocycles. The highest BCUT2D eigenvalue weighted by Gasteiger charge is 2.03. The fourth-order valence-corrected chi connectivity index (χ4v) is 1.21. The molecular weight excluding hydrogens is 192 g/mol. The molecule has 0 amide bonds. The van der Waals surface area contributed by atoms with Crippen molar-refractivity contribution < 1.29 is 4.74 Å². The zero-order chi connectivity index (χ0) is 10.7. The Morgan fingerprint density at radius 3 is 2.53 bits per heavy atom. The molecule has 0 spiro atoms. The van der Waals surface area contributed by atoms with E-state index in [9.17, 15) is 0 Å². The van der Waals surface area contributed by atoms with E-state index < -0.39 is 0 Å². The van der Waals surface area contributed by atoms with Gasteiger partial charge in [0.1, 0.15) is 0 Å². The molecule has 0 radical (unpaired) electrons. The highest BCUT2D eigenvalue weighted by atomic mass is 16.5. The summed E-state index contributed by atoms with van der Waals surface area (Å²) >= 11 is 0. The van der Waals surface area contributed by atoms with Crippen molar-refractivity contribution in [3.63, 3.8) is 0 Å². The quantitative estimate of drug-likeness (QED) is 0.790. The van der Waals surface area contributed by atoms with E-state index in [0.717, 1.165) is 11.1 Å². The van der Waals surface area contributed by atoms with E-state index in [1.807, 2.05) is 0 Å². The molecule has 2 N–H and O–H groups in total. The standard InChI is InChI=1S/C10H10N4O/c1-15-10-13-4-7(5-14-10)8-6-12-3-2-9(8)11/h2-6H,1H3,(H2,11,12). The molecule has 2 aromatic heterocycles. The van der Waals surface area contributed by atoms with Crippen LogP contribution in [0, 0.1) is 0 Å². The van der Waals surface area contributed by atoms with Gasteiger partial charge in [-0.3, -0.25) is 4.98 Å². The molecule has 76 valence electrons. The van der Waals surface area contributed by atoms with Gasteiger partial charge in [0.25, 0.3) is 0 Å². The van der Waals surface area contributed by atoms with E-state index in [1.165, 1.54) is 7.11 Å². The first-order valence-electron chi connectivity index (χ1n) is 4.37. The predicted molar refractivity (Wildman–Crippen MR) is 56.2 cm³/mol. The number of aromatic nitrogens is 3. The number of rotatable bonds is 2.